The highest BCUT2D eigenvalue weighted by atomic mass is 19.2. The molecule has 4 nitrogen and oxygen atoms in total. The number of nitriles is 1. The van der Waals surface area contributed by atoms with Gasteiger partial charge in [-0.1, -0.05) is 26.0 Å². The first-order valence-electron chi connectivity index (χ1n) is 8.47. The van der Waals surface area contributed by atoms with Crippen molar-refractivity contribution < 1.29 is 32.2 Å². The van der Waals surface area contributed by atoms with Crippen molar-refractivity contribution in [1.82, 2.24) is 0 Å². The molecule has 0 spiro atoms. The molecule has 1 aromatic rings. The van der Waals surface area contributed by atoms with Crippen molar-refractivity contribution in [2.24, 2.45) is 17.3 Å². The zero-order valence-electron chi connectivity index (χ0n) is 15.5. The van der Waals surface area contributed by atoms with Crippen molar-refractivity contribution in [3.05, 3.63) is 58.2 Å². The second-order valence-corrected chi connectivity index (χ2v) is 7.04. The van der Waals surface area contributed by atoms with Crippen LogP contribution in [0.2, 0.25) is 0 Å². The molecule has 1 saturated carbocycles. The Bertz CT molecular complexity index is 871. The van der Waals surface area contributed by atoms with E-state index in [9.17, 15) is 22.4 Å². The molecule has 2 rings (SSSR count). The van der Waals surface area contributed by atoms with Crippen molar-refractivity contribution in [1.29, 1.82) is 5.26 Å². The summed E-state index contributed by atoms with van der Waals surface area (Å²) in [5, 5.41) is 17.9. The molecule has 1 fully saturated rings. The Morgan fingerprint density at radius 3 is 2.18 bits per heavy atom. The molecule has 1 aromatic carbocycles. The fourth-order valence-electron chi connectivity index (χ4n) is 3.16. The van der Waals surface area contributed by atoms with Crippen LogP contribution in [0.1, 0.15) is 31.9 Å². The maximum absolute atomic E-state index is 14.0. The lowest BCUT2D eigenvalue weighted by molar-refractivity contribution is -0.147. The van der Waals surface area contributed by atoms with E-state index >= 15 is 0 Å². The van der Waals surface area contributed by atoms with Gasteiger partial charge >= 0.3 is 5.97 Å². The zero-order valence-corrected chi connectivity index (χ0v) is 15.5. The van der Waals surface area contributed by atoms with Crippen LogP contribution < -0.4 is 0 Å². The van der Waals surface area contributed by atoms with Crippen LogP contribution in [0.15, 0.2) is 23.8 Å². The smallest absolute Gasteiger partial charge is 0.310 e. The number of hydrogen-bond donors (Lipinski definition) is 1. The lowest BCUT2D eigenvalue weighted by Crippen LogP contribution is -2.14. The topological polar surface area (TPSA) is 70.3 Å². The van der Waals surface area contributed by atoms with Gasteiger partial charge in [-0.25, -0.2) is 17.6 Å². The van der Waals surface area contributed by atoms with E-state index in [0.717, 1.165) is 0 Å². The summed E-state index contributed by atoms with van der Waals surface area (Å²) in [6.45, 7) is 3.04. The maximum Gasteiger partial charge on any atom is 0.310 e. The van der Waals surface area contributed by atoms with E-state index in [-0.39, 0.29) is 5.92 Å². The molecular formula is C20H19F4NO3. The normalized spacial score (nSPS) is 20.9. The standard InChI is InChI=1S/C20H19F4NO3/c1-4-5-10(7-25)6-13-14(20(13,2)3)19(27)28-9-12-17(23)15(21)11(8-26)16(22)18(12)24/h4-6,13-14,26H,8-9H2,1-3H3/t13-,14+/m1/s1. The monoisotopic (exact) mass is 397 g/mol. The number of aliphatic hydroxyl groups excluding tert-OH is 1. The summed E-state index contributed by atoms with van der Waals surface area (Å²) >= 11 is 0. The molecule has 0 saturated heterocycles. The van der Waals surface area contributed by atoms with Crippen LogP contribution in [0.4, 0.5) is 17.6 Å². The SMILES string of the molecule is CC=CC(C#N)=C[C@@H]1[C@@H](C(=O)OCc2c(F)c(F)c(CO)c(F)c2F)C1(C)C. The van der Waals surface area contributed by atoms with Crippen molar-refractivity contribution in [2.45, 2.75) is 34.0 Å². The lowest BCUT2D eigenvalue weighted by Gasteiger charge is -2.11. The number of carbonyl (C=O) groups excluding carboxylic acids is 1. The largest absolute Gasteiger partial charge is 0.460 e. The minimum atomic E-state index is -1.73. The van der Waals surface area contributed by atoms with Crippen LogP contribution in [0.25, 0.3) is 0 Å². The van der Waals surface area contributed by atoms with Gasteiger partial charge < -0.3 is 9.84 Å². The number of halogens is 4. The number of nitrogens with zero attached hydrogens (tertiary/aromatic N) is 1. The molecule has 1 aliphatic rings. The first-order chi connectivity index (χ1) is 13.1. The van der Waals surface area contributed by atoms with Gasteiger partial charge in [-0.15, -0.1) is 0 Å². The van der Waals surface area contributed by atoms with E-state index in [1.165, 1.54) is 0 Å². The third-order valence-corrected chi connectivity index (χ3v) is 4.96. The molecule has 0 aliphatic heterocycles. The molecule has 1 N–H and O–H groups in total. The molecule has 0 aromatic heterocycles. The van der Waals surface area contributed by atoms with E-state index in [1.54, 1.807) is 39.0 Å². The lowest BCUT2D eigenvalue weighted by atomic mass is 10.1. The van der Waals surface area contributed by atoms with Crippen LogP contribution in [0.5, 0.6) is 0 Å². The Hall–Kier alpha value is -2.66. The molecule has 2 atom stereocenters. The molecule has 0 bridgehead atoms. The van der Waals surface area contributed by atoms with Gasteiger partial charge in [0.2, 0.25) is 0 Å². The molecule has 0 heterocycles. The van der Waals surface area contributed by atoms with E-state index in [0.29, 0.717) is 5.57 Å². The molecular weight excluding hydrogens is 378 g/mol. The van der Waals surface area contributed by atoms with E-state index in [1.807, 2.05) is 6.07 Å². The van der Waals surface area contributed by atoms with Gasteiger partial charge in [0.05, 0.1) is 29.7 Å². The van der Waals surface area contributed by atoms with Crippen LogP contribution >= 0.6 is 0 Å². The van der Waals surface area contributed by atoms with Gasteiger partial charge in [0.15, 0.2) is 23.3 Å². The summed E-state index contributed by atoms with van der Waals surface area (Å²) in [4.78, 5) is 12.3. The molecule has 28 heavy (non-hydrogen) atoms. The third-order valence-electron chi connectivity index (χ3n) is 4.96. The molecule has 0 amide bonds. The Morgan fingerprint density at radius 1 is 1.18 bits per heavy atom. The molecule has 0 unspecified atom stereocenters. The average Bonchev–Trinajstić information content (AvgIpc) is 3.20. The molecule has 0 radical (unpaired) electrons. The van der Waals surface area contributed by atoms with Gasteiger partial charge in [0.1, 0.15) is 6.61 Å². The van der Waals surface area contributed by atoms with E-state index in [4.69, 9.17) is 15.1 Å². The maximum atomic E-state index is 14.0. The van der Waals surface area contributed by atoms with E-state index in [2.05, 4.69) is 0 Å². The molecule has 150 valence electrons. The summed E-state index contributed by atoms with van der Waals surface area (Å²) in [5.74, 6) is -8.70. The third kappa shape index (κ3) is 3.80. The minimum Gasteiger partial charge on any atom is -0.460 e. The Labute approximate surface area is 159 Å². The molecule has 1 aliphatic carbocycles. The predicted molar refractivity (Wildman–Crippen MR) is 91.3 cm³/mol. The van der Waals surface area contributed by atoms with Crippen LogP contribution in [0, 0.1) is 51.9 Å². The number of benzene rings is 1. The van der Waals surface area contributed by atoms with Crippen LogP contribution in [0.3, 0.4) is 0 Å². The quantitative estimate of drug-likeness (QED) is 0.258. The number of carbonyl (C=O) groups is 1. The number of rotatable bonds is 6. The van der Waals surface area contributed by atoms with Gasteiger partial charge in [-0.05, 0) is 24.3 Å². The number of esters is 1. The highest BCUT2D eigenvalue weighted by Crippen LogP contribution is 2.60. The van der Waals surface area contributed by atoms with Gasteiger partial charge in [-0.2, -0.15) is 5.26 Å². The van der Waals surface area contributed by atoms with Gasteiger partial charge in [0.25, 0.3) is 0 Å². The summed E-state index contributed by atoms with van der Waals surface area (Å²) in [6, 6.07) is 1.99. The fourth-order valence-corrected chi connectivity index (χ4v) is 3.16. The van der Waals surface area contributed by atoms with Crippen LogP contribution in [-0.4, -0.2) is 11.1 Å². The number of ether oxygens (including phenoxy) is 1. The predicted octanol–water partition coefficient (Wildman–Crippen LogP) is 4.08. The van der Waals surface area contributed by atoms with Crippen molar-refractivity contribution >= 4 is 5.97 Å². The summed E-state index contributed by atoms with van der Waals surface area (Å²) in [5.41, 5.74) is -2.39. The van der Waals surface area contributed by atoms with Crippen LogP contribution in [-0.2, 0) is 22.7 Å². The minimum absolute atomic E-state index is 0.328. The number of allylic oxidation sites excluding steroid dienone is 4. The second kappa shape index (κ2) is 8.15. The highest BCUT2D eigenvalue weighted by molar-refractivity contribution is 5.78. The Balaban J connectivity index is 2.19. The number of aliphatic hydroxyl groups is 1. The summed E-state index contributed by atoms with van der Waals surface area (Å²) in [6.07, 6.45) is 4.86. The first-order valence-corrected chi connectivity index (χ1v) is 8.47. The Morgan fingerprint density at radius 2 is 1.71 bits per heavy atom. The summed E-state index contributed by atoms with van der Waals surface area (Å²) < 4.78 is 60.2. The van der Waals surface area contributed by atoms with Crippen molar-refractivity contribution in [3.8, 4) is 6.07 Å². The zero-order chi connectivity index (χ0) is 21.2. The number of hydrogen-bond acceptors (Lipinski definition) is 4. The Kier molecular flexibility index (Phi) is 6.30. The summed E-state index contributed by atoms with van der Waals surface area (Å²) in [7, 11) is 0. The highest BCUT2D eigenvalue weighted by Gasteiger charge is 2.61. The van der Waals surface area contributed by atoms with Gasteiger partial charge in [0, 0.05) is 5.57 Å². The first kappa shape index (κ1) is 21.6. The van der Waals surface area contributed by atoms with Crippen molar-refractivity contribution in [2.75, 3.05) is 0 Å². The fraction of sp³-hybridized carbons (Fsp3) is 0.400. The second-order valence-electron chi connectivity index (χ2n) is 7.04. The van der Waals surface area contributed by atoms with E-state index < -0.39 is 64.9 Å². The molecule has 8 heteroatoms. The average molecular weight is 397 g/mol. The van der Waals surface area contributed by atoms with Gasteiger partial charge in [-0.3, -0.25) is 4.79 Å². The van der Waals surface area contributed by atoms with Crippen molar-refractivity contribution in [3.63, 3.8) is 0 Å².